The van der Waals surface area contributed by atoms with Gasteiger partial charge in [0.2, 0.25) is 0 Å². The van der Waals surface area contributed by atoms with Crippen LogP contribution in [0.2, 0.25) is 0 Å². The number of likely N-dealkylation sites (tertiary alicyclic amines) is 1. The Bertz CT molecular complexity index is 1220. The lowest BCUT2D eigenvalue weighted by atomic mass is 10.0. The number of carbonyl (C=O) groups excluding carboxylic acids is 3. The third kappa shape index (κ3) is 5.92. The van der Waals surface area contributed by atoms with E-state index >= 15 is 0 Å². The van der Waals surface area contributed by atoms with Crippen LogP contribution in [-0.4, -0.2) is 35.8 Å². The first-order valence-corrected chi connectivity index (χ1v) is 12.0. The van der Waals surface area contributed by atoms with E-state index in [1.165, 1.54) is 4.90 Å². The highest BCUT2D eigenvalue weighted by atomic mass is 16.6. The SMILES string of the molecule is CCC(=O)c1ccc(OCc2ccccc2)c(C)c1OC(=O)C1CN(C(=O)OCc2ccccc2)C1. The molecule has 1 amide bonds. The molecule has 0 N–H and O–H groups in total. The van der Waals surface area contributed by atoms with E-state index in [-0.39, 0.29) is 37.6 Å². The van der Waals surface area contributed by atoms with E-state index in [0.717, 1.165) is 11.1 Å². The van der Waals surface area contributed by atoms with Crippen LogP contribution in [0, 0.1) is 12.8 Å². The molecular weight excluding hydrogens is 458 g/mol. The number of hydrogen-bond donors (Lipinski definition) is 0. The number of esters is 1. The Balaban J connectivity index is 1.38. The molecular formula is C29H29NO6. The number of ketones is 1. The third-order valence-corrected chi connectivity index (χ3v) is 6.10. The van der Waals surface area contributed by atoms with Gasteiger partial charge in [0.1, 0.15) is 24.7 Å². The molecule has 1 aliphatic rings. The normalized spacial score (nSPS) is 13.0. The lowest BCUT2D eigenvalue weighted by Crippen LogP contribution is -2.54. The van der Waals surface area contributed by atoms with Gasteiger partial charge in [-0.3, -0.25) is 9.59 Å². The fourth-order valence-electron chi connectivity index (χ4n) is 3.88. The number of ether oxygens (including phenoxy) is 3. The largest absolute Gasteiger partial charge is 0.488 e. The predicted octanol–water partition coefficient (Wildman–Crippen LogP) is 5.34. The van der Waals surface area contributed by atoms with Crippen molar-refractivity contribution < 1.29 is 28.6 Å². The molecule has 0 atom stereocenters. The topological polar surface area (TPSA) is 82.1 Å². The quantitative estimate of drug-likeness (QED) is 0.230. The summed E-state index contributed by atoms with van der Waals surface area (Å²) in [6.45, 7) is 4.44. The van der Waals surface area contributed by atoms with Crippen molar-refractivity contribution in [2.45, 2.75) is 33.5 Å². The van der Waals surface area contributed by atoms with Crippen LogP contribution in [0.3, 0.4) is 0 Å². The van der Waals surface area contributed by atoms with Crippen molar-refractivity contribution in [3.63, 3.8) is 0 Å². The van der Waals surface area contributed by atoms with Gasteiger partial charge in [0.15, 0.2) is 5.78 Å². The second-order valence-corrected chi connectivity index (χ2v) is 8.68. The maximum absolute atomic E-state index is 12.9. The molecule has 186 valence electrons. The van der Waals surface area contributed by atoms with Crippen molar-refractivity contribution >= 4 is 17.8 Å². The maximum Gasteiger partial charge on any atom is 0.410 e. The number of carbonyl (C=O) groups is 3. The van der Waals surface area contributed by atoms with Crippen LogP contribution in [-0.2, 0) is 22.7 Å². The lowest BCUT2D eigenvalue weighted by Gasteiger charge is -2.36. The van der Waals surface area contributed by atoms with Crippen molar-refractivity contribution in [1.29, 1.82) is 0 Å². The Morgan fingerprint density at radius 1 is 0.861 bits per heavy atom. The van der Waals surface area contributed by atoms with E-state index in [4.69, 9.17) is 14.2 Å². The van der Waals surface area contributed by atoms with Crippen LogP contribution in [0.25, 0.3) is 0 Å². The van der Waals surface area contributed by atoms with Gasteiger partial charge in [0.05, 0.1) is 11.5 Å². The molecule has 36 heavy (non-hydrogen) atoms. The molecule has 1 aliphatic heterocycles. The van der Waals surface area contributed by atoms with Gasteiger partial charge in [-0.25, -0.2) is 4.79 Å². The zero-order chi connectivity index (χ0) is 25.5. The van der Waals surface area contributed by atoms with Crippen LogP contribution in [0.5, 0.6) is 11.5 Å². The summed E-state index contributed by atoms with van der Waals surface area (Å²) in [5.41, 5.74) is 2.81. The Labute approximate surface area is 210 Å². The van der Waals surface area contributed by atoms with Gasteiger partial charge in [0, 0.05) is 25.1 Å². The molecule has 0 spiro atoms. The molecule has 7 heteroatoms. The molecule has 0 unspecified atom stereocenters. The van der Waals surface area contributed by atoms with Gasteiger partial charge in [0.25, 0.3) is 0 Å². The van der Waals surface area contributed by atoms with Crippen LogP contribution in [0.4, 0.5) is 4.79 Å². The second kappa shape index (κ2) is 11.5. The van der Waals surface area contributed by atoms with Crippen molar-refractivity contribution in [2.75, 3.05) is 13.1 Å². The summed E-state index contributed by atoms with van der Waals surface area (Å²) in [5, 5.41) is 0. The second-order valence-electron chi connectivity index (χ2n) is 8.68. The van der Waals surface area contributed by atoms with E-state index in [2.05, 4.69) is 0 Å². The average molecular weight is 488 g/mol. The number of hydrogen-bond acceptors (Lipinski definition) is 6. The van der Waals surface area contributed by atoms with Crippen molar-refractivity contribution in [2.24, 2.45) is 5.92 Å². The van der Waals surface area contributed by atoms with Crippen molar-refractivity contribution in [3.8, 4) is 11.5 Å². The molecule has 3 aromatic carbocycles. The summed E-state index contributed by atoms with van der Waals surface area (Å²) in [4.78, 5) is 39.2. The molecule has 1 fully saturated rings. The first kappa shape index (κ1) is 25.0. The minimum atomic E-state index is -0.493. The standard InChI is InChI=1S/C29H29NO6/c1-3-25(31)24-14-15-26(34-18-21-10-6-4-7-11-21)20(2)27(24)36-28(32)23-16-30(17-23)29(33)35-19-22-12-8-5-9-13-22/h4-15,23H,3,16-19H2,1-2H3. The van der Waals surface area contributed by atoms with E-state index in [1.807, 2.05) is 60.7 Å². The summed E-state index contributed by atoms with van der Waals surface area (Å²) >= 11 is 0. The number of Topliss-reactive ketones (excluding diaryl/α,β-unsaturated/α-hetero) is 1. The number of nitrogens with zero attached hydrogens (tertiary/aromatic N) is 1. The van der Waals surface area contributed by atoms with Crippen LogP contribution in [0.15, 0.2) is 72.8 Å². The Hall–Kier alpha value is -4.13. The molecule has 7 nitrogen and oxygen atoms in total. The summed E-state index contributed by atoms with van der Waals surface area (Å²) in [7, 11) is 0. The van der Waals surface area contributed by atoms with Crippen molar-refractivity contribution in [1.82, 2.24) is 4.90 Å². The molecule has 1 heterocycles. The molecule has 0 aromatic heterocycles. The van der Waals surface area contributed by atoms with E-state index in [0.29, 0.717) is 23.5 Å². The third-order valence-electron chi connectivity index (χ3n) is 6.10. The van der Waals surface area contributed by atoms with Crippen molar-refractivity contribution in [3.05, 3.63) is 95.1 Å². The van der Waals surface area contributed by atoms with Gasteiger partial charge in [-0.2, -0.15) is 0 Å². The highest BCUT2D eigenvalue weighted by Gasteiger charge is 2.38. The highest BCUT2D eigenvalue weighted by Crippen LogP contribution is 2.34. The van der Waals surface area contributed by atoms with E-state index < -0.39 is 18.0 Å². The summed E-state index contributed by atoms with van der Waals surface area (Å²) in [6, 6.07) is 22.5. The van der Waals surface area contributed by atoms with Gasteiger partial charge < -0.3 is 19.1 Å². The molecule has 0 saturated carbocycles. The number of amides is 1. The predicted molar refractivity (Wildman–Crippen MR) is 134 cm³/mol. The average Bonchev–Trinajstić information content (AvgIpc) is 2.88. The number of benzene rings is 3. The first-order chi connectivity index (χ1) is 17.5. The monoisotopic (exact) mass is 487 g/mol. The van der Waals surface area contributed by atoms with E-state index in [1.54, 1.807) is 26.0 Å². The Kier molecular flexibility index (Phi) is 8.00. The van der Waals surface area contributed by atoms with Crippen LogP contribution < -0.4 is 9.47 Å². The highest BCUT2D eigenvalue weighted by molar-refractivity contribution is 6.00. The fourth-order valence-corrected chi connectivity index (χ4v) is 3.88. The molecule has 3 aromatic rings. The smallest absolute Gasteiger partial charge is 0.410 e. The molecule has 0 aliphatic carbocycles. The molecule has 0 radical (unpaired) electrons. The van der Waals surface area contributed by atoms with Gasteiger partial charge in [-0.15, -0.1) is 0 Å². The summed E-state index contributed by atoms with van der Waals surface area (Å²) in [6.07, 6.45) is -0.198. The zero-order valence-corrected chi connectivity index (χ0v) is 20.4. The Morgan fingerprint density at radius 2 is 1.47 bits per heavy atom. The van der Waals surface area contributed by atoms with Crippen LogP contribution >= 0.6 is 0 Å². The summed E-state index contributed by atoms with van der Waals surface area (Å²) in [5.74, 6) is -0.366. The Morgan fingerprint density at radius 3 is 2.08 bits per heavy atom. The first-order valence-electron chi connectivity index (χ1n) is 12.0. The lowest BCUT2D eigenvalue weighted by molar-refractivity contribution is -0.143. The summed E-state index contributed by atoms with van der Waals surface area (Å²) < 4.78 is 17.0. The zero-order valence-electron chi connectivity index (χ0n) is 20.4. The van der Waals surface area contributed by atoms with Gasteiger partial charge in [-0.05, 0) is 30.2 Å². The number of rotatable bonds is 9. The van der Waals surface area contributed by atoms with Crippen LogP contribution in [0.1, 0.15) is 40.4 Å². The molecule has 0 bridgehead atoms. The fraction of sp³-hybridized carbons (Fsp3) is 0.276. The minimum absolute atomic E-state index is 0.129. The maximum atomic E-state index is 12.9. The molecule has 4 rings (SSSR count). The van der Waals surface area contributed by atoms with Gasteiger partial charge in [-0.1, -0.05) is 67.6 Å². The van der Waals surface area contributed by atoms with E-state index in [9.17, 15) is 14.4 Å². The van der Waals surface area contributed by atoms with Gasteiger partial charge >= 0.3 is 12.1 Å². The molecule has 1 saturated heterocycles. The minimum Gasteiger partial charge on any atom is -0.488 e.